The number of piperazine rings is 1. The Bertz CT molecular complexity index is 990. The number of carbonyl (C=O) groups excluding carboxylic acids is 2. The molecule has 0 saturated carbocycles. The maximum absolute atomic E-state index is 13.8. The lowest BCUT2D eigenvalue weighted by Gasteiger charge is -2.34. The molecule has 0 radical (unpaired) electrons. The quantitative estimate of drug-likeness (QED) is 0.142. The van der Waals surface area contributed by atoms with Crippen LogP contribution in [0.5, 0.6) is 11.5 Å². The van der Waals surface area contributed by atoms with E-state index in [1.165, 1.54) is 6.34 Å². The van der Waals surface area contributed by atoms with Gasteiger partial charge in [0.1, 0.15) is 12.2 Å². The zero-order chi connectivity index (χ0) is 24.7. The molecule has 2 aliphatic heterocycles. The molecule has 1 saturated heterocycles. The number of likely N-dealkylation sites (N-methyl/N-ethyl adjacent to an activating group) is 2. The number of benzene rings is 1. The van der Waals surface area contributed by atoms with Gasteiger partial charge in [0.05, 0.1) is 11.4 Å². The highest BCUT2D eigenvalue weighted by molar-refractivity contribution is 6.02. The van der Waals surface area contributed by atoms with Crippen LogP contribution < -0.4 is 14.9 Å². The van der Waals surface area contributed by atoms with Gasteiger partial charge in [-0.3, -0.25) is 15.0 Å². The lowest BCUT2D eigenvalue weighted by atomic mass is 10.2. The van der Waals surface area contributed by atoms with E-state index in [1.54, 1.807) is 18.2 Å². The Balaban J connectivity index is 1.91. The van der Waals surface area contributed by atoms with Crippen molar-refractivity contribution in [3.05, 3.63) is 35.2 Å². The molecule has 2 heterocycles. The Labute approximate surface area is 196 Å². The summed E-state index contributed by atoms with van der Waals surface area (Å²) in [5.74, 6) is 0.942. The molecule has 12 heteroatoms. The molecule has 2 aliphatic rings. The highest BCUT2D eigenvalue weighted by Gasteiger charge is 2.35. The van der Waals surface area contributed by atoms with E-state index in [9.17, 15) is 18.4 Å². The summed E-state index contributed by atoms with van der Waals surface area (Å²) in [4.78, 5) is 35.3. The van der Waals surface area contributed by atoms with E-state index in [-0.39, 0.29) is 12.6 Å². The van der Waals surface area contributed by atoms with E-state index >= 15 is 0 Å². The third-order valence-corrected chi connectivity index (χ3v) is 5.50. The van der Waals surface area contributed by atoms with Crippen LogP contribution in [0.3, 0.4) is 0 Å². The summed E-state index contributed by atoms with van der Waals surface area (Å²) in [5.41, 5.74) is 3.84. The second-order valence-corrected chi connectivity index (χ2v) is 7.76. The Hall–Kier alpha value is -3.38. The highest BCUT2D eigenvalue weighted by Crippen LogP contribution is 2.32. The van der Waals surface area contributed by atoms with Crippen molar-refractivity contribution in [2.45, 2.75) is 19.4 Å². The summed E-state index contributed by atoms with van der Waals surface area (Å²) in [6.45, 7) is 4.96. The third-order valence-electron chi connectivity index (χ3n) is 5.50. The lowest BCUT2D eigenvalue weighted by molar-refractivity contribution is -0.162. The van der Waals surface area contributed by atoms with Gasteiger partial charge >= 0.3 is 6.05 Å². The molecule has 1 fully saturated rings. The predicted octanol–water partition coefficient (Wildman–Crippen LogP) is 1.49. The molecule has 1 aromatic rings. The Morgan fingerprint density at radius 3 is 2.56 bits per heavy atom. The molecule has 34 heavy (non-hydrogen) atoms. The molecular weight excluding hydrogens is 450 g/mol. The van der Waals surface area contributed by atoms with E-state index in [0.29, 0.717) is 53.0 Å². The fraction of sp³-hybridized carbons (Fsp3) is 0.455. The minimum Gasteiger partial charge on any atom is -0.454 e. The standard InChI is InChI=1S/C22H28F2N6O4/c1-4-17(18(12-31)30-9-7-28(2)8-10-30)25-14-26-21(27-29(3)22(23,24)13-32)16-5-6-19-20(11-16)34-15-33-19/h5-6,11-14H,4,7-10,15H2,1-3H3,(H,25,26,27)/b18-17+. The van der Waals surface area contributed by atoms with Gasteiger partial charge in [0.25, 0.3) is 0 Å². The van der Waals surface area contributed by atoms with E-state index in [2.05, 4.69) is 20.3 Å². The number of allylic oxidation sites excluding steroid dienone is 2. The zero-order valence-corrected chi connectivity index (χ0v) is 19.3. The minimum atomic E-state index is -3.77. The lowest BCUT2D eigenvalue weighted by Crippen LogP contribution is -2.51. The number of alkyl halides is 2. The molecule has 0 spiro atoms. The molecule has 10 nitrogen and oxygen atoms in total. The van der Waals surface area contributed by atoms with Gasteiger partial charge in [0, 0.05) is 38.8 Å². The van der Waals surface area contributed by atoms with Gasteiger partial charge in [-0.2, -0.15) is 13.8 Å². The molecule has 1 aromatic carbocycles. The van der Waals surface area contributed by atoms with E-state index in [4.69, 9.17) is 9.47 Å². The van der Waals surface area contributed by atoms with Crippen LogP contribution in [-0.4, -0.2) is 92.7 Å². The van der Waals surface area contributed by atoms with Gasteiger partial charge in [0.15, 0.2) is 17.8 Å². The first-order chi connectivity index (χ1) is 16.3. The Morgan fingerprint density at radius 1 is 1.21 bits per heavy atom. The maximum Gasteiger partial charge on any atom is 0.376 e. The zero-order valence-electron chi connectivity index (χ0n) is 19.3. The molecule has 0 aliphatic carbocycles. The first-order valence-corrected chi connectivity index (χ1v) is 10.8. The number of carbonyl (C=O) groups is 2. The number of halogens is 2. The number of hydrazine groups is 1. The monoisotopic (exact) mass is 478 g/mol. The molecule has 0 amide bonds. The number of nitrogens with one attached hydrogen (secondary N) is 1. The summed E-state index contributed by atoms with van der Waals surface area (Å²) >= 11 is 0. The molecular formula is C22H28F2N6O4. The normalized spacial score (nSPS) is 17.8. The summed E-state index contributed by atoms with van der Waals surface area (Å²) in [7, 11) is 3.04. The van der Waals surface area contributed by atoms with Gasteiger partial charge in [-0.15, -0.1) is 0 Å². The van der Waals surface area contributed by atoms with Gasteiger partial charge in [-0.25, -0.2) is 9.98 Å². The van der Waals surface area contributed by atoms with Crippen molar-refractivity contribution in [1.29, 1.82) is 0 Å². The molecule has 1 N–H and O–H groups in total. The first kappa shape index (κ1) is 25.2. The number of rotatable bonds is 9. The van der Waals surface area contributed by atoms with Crippen LogP contribution in [0.1, 0.15) is 18.9 Å². The van der Waals surface area contributed by atoms with Crippen LogP contribution in [0.25, 0.3) is 0 Å². The second kappa shape index (κ2) is 11.2. The van der Waals surface area contributed by atoms with Gasteiger partial charge < -0.3 is 19.3 Å². The van der Waals surface area contributed by atoms with E-state index < -0.39 is 12.3 Å². The predicted molar refractivity (Wildman–Crippen MR) is 122 cm³/mol. The number of fused-ring (bicyclic) bond motifs is 1. The third kappa shape index (κ3) is 5.94. The highest BCUT2D eigenvalue weighted by atomic mass is 19.3. The van der Waals surface area contributed by atoms with Crippen LogP contribution in [0.2, 0.25) is 0 Å². The summed E-state index contributed by atoms with van der Waals surface area (Å²) in [5, 5.41) is 0.342. The van der Waals surface area contributed by atoms with Crippen molar-refractivity contribution in [2.24, 2.45) is 9.98 Å². The number of hydrogen-bond donors (Lipinski definition) is 1. The number of nitrogens with zero attached hydrogens (tertiary/aromatic N) is 5. The number of hydrogen-bond acceptors (Lipinski definition) is 8. The van der Waals surface area contributed by atoms with Gasteiger partial charge in [0.2, 0.25) is 13.1 Å². The molecule has 0 unspecified atom stereocenters. The fourth-order valence-electron chi connectivity index (χ4n) is 3.39. The average molecular weight is 479 g/mol. The SMILES string of the molecule is CC/C(N=CN=C(NN(C)C(F)(F)C=O)c1ccc2c(c1)OCO2)=C(/C=O)N1CCN(C)CC1. The van der Waals surface area contributed by atoms with Crippen molar-refractivity contribution in [1.82, 2.24) is 20.2 Å². The Morgan fingerprint density at radius 2 is 1.91 bits per heavy atom. The average Bonchev–Trinajstić information content (AvgIpc) is 3.31. The molecule has 0 atom stereocenters. The molecule has 184 valence electrons. The second-order valence-electron chi connectivity index (χ2n) is 7.76. The molecule has 0 aromatic heterocycles. The summed E-state index contributed by atoms with van der Waals surface area (Å²) in [6, 6.07) is 1.04. The summed E-state index contributed by atoms with van der Waals surface area (Å²) < 4.78 is 38.3. The van der Waals surface area contributed by atoms with E-state index in [1.807, 2.05) is 18.9 Å². The van der Waals surface area contributed by atoms with Crippen molar-refractivity contribution in [3.63, 3.8) is 0 Å². The van der Waals surface area contributed by atoms with Gasteiger partial charge in [-0.05, 0) is 31.7 Å². The Kier molecular flexibility index (Phi) is 8.29. The summed E-state index contributed by atoms with van der Waals surface area (Å²) in [6.07, 6.45) is 1.97. The number of aliphatic imine (C=N–C) groups is 2. The smallest absolute Gasteiger partial charge is 0.376 e. The topological polar surface area (TPSA) is 99.1 Å². The van der Waals surface area contributed by atoms with Crippen molar-refractivity contribution in [2.75, 3.05) is 47.1 Å². The molecule has 0 bridgehead atoms. The minimum absolute atomic E-state index is 0.00576. The maximum atomic E-state index is 13.8. The van der Waals surface area contributed by atoms with Crippen LogP contribution in [0.4, 0.5) is 8.78 Å². The fourth-order valence-corrected chi connectivity index (χ4v) is 3.39. The van der Waals surface area contributed by atoms with Crippen LogP contribution >= 0.6 is 0 Å². The van der Waals surface area contributed by atoms with Crippen LogP contribution in [0, 0.1) is 0 Å². The first-order valence-electron chi connectivity index (χ1n) is 10.8. The molecule has 3 rings (SSSR count). The van der Waals surface area contributed by atoms with Crippen LogP contribution in [-0.2, 0) is 9.59 Å². The largest absolute Gasteiger partial charge is 0.454 e. The van der Waals surface area contributed by atoms with Crippen molar-refractivity contribution < 1.29 is 27.8 Å². The number of aldehydes is 2. The number of amidine groups is 1. The van der Waals surface area contributed by atoms with Gasteiger partial charge in [-0.1, -0.05) is 6.92 Å². The van der Waals surface area contributed by atoms with Crippen molar-refractivity contribution >= 4 is 24.7 Å². The van der Waals surface area contributed by atoms with E-state index in [0.717, 1.165) is 26.4 Å². The van der Waals surface area contributed by atoms with Crippen molar-refractivity contribution in [3.8, 4) is 11.5 Å². The number of ether oxygens (including phenoxy) is 2. The van der Waals surface area contributed by atoms with Crippen LogP contribution in [0.15, 0.2) is 39.6 Å².